The van der Waals surface area contributed by atoms with Crippen molar-refractivity contribution in [3.63, 3.8) is 0 Å². The van der Waals surface area contributed by atoms with Crippen LogP contribution in [0.5, 0.6) is 0 Å². The lowest BCUT2D eigenvalue weighted by atomic mass is 10.1. The van der Waals surface area contributed by atoms with E-state index in [1.807, 2.05) is 31.2 Å². The van der Waals surface area contributed by atoms with Crippen molar-refractivity contribution in [3.8, 4) is 0 Å². The van der Waals surface area contributed by atoms with Crippen LogP contribution in [0, 0.1) is 0 Å². The Morgan fingerprint density at radius 3 is 2.89 bits per heavy atom. The van der Waals surface area contributed by atoms with Crippen molar-refractivity contribution in [2.75, 3.05) is 11.9 Å². The Bertz CT molecular complexity index is 835. The molecule has 0 amide bonds. The highest BCUT2D eigenvalue weighted by atomic mass is 35.5. The predicted octanol–water partition coefficient (Wildman–Crippen LogP) is 5.33. The number of carbonyl (C=O) groups excluding carboxylic acids is 1. The quantitative estimate of drug-likeness (QED) is 0.387. The molecule has 2 aromatic rings. The molecule has 1 aromatic carbocycles. The van der Waals surface area contributed by atoms with E-state index in [1.165, 1.54) is 11.3 Å². The van der Waals surface area contributed by atoms with E-state index in [9.17, 15) is 4.79 Å². The van der Waals surface area contributed by atoms with E-state index in [2.05, 4.69) is 10.6 Å². The number of rotatable bonds is 5. The summed E-state index contributed by atoms with van der Waals surface area (Å²) in [6.45, 7) is 2.75. The lowest BCUT2D eigenvalue weighted by Gasteiger charge is -2.12. The highest BCUT2D eigenvalue weighted by Crippen LogP contribution is 2.38. The van der Waals surface area contributed by atoms with Gasteiger partial charge in [0.25, 0.3) is 0 Å². The largest absolute Gasteiger partial charge is 0.462 e. The number of carbonyl (C=O) groups is 1. The molecule has 1 aromatic heterocycles. The number of hydrogen-bond donors (Lipinski definition) is 2. The Balaban J connectivity index is 1.74. The van der Waals surface area contributed by atoms with E-state index in [0.29, 0.717) is 28.9 Å². The second-order valence-corrected chi connectivity index (χ2v) is 8.38. The fraction of sp³-hybridized carbons (Fsp3) is 0.400. The topological polar surface area (TPSA) is 50.4 Å². The van der Waals surface area contributed by atoms with Gasteiger partial charge in [0, 0.05) is 16.4 Å². The van der Waals surface area contributed by atoms with E-state index >= 15 is 0 Å². The summed E-state index contributed by atoms with van der Waals surface area (Å²) in [5.74, 6) is -0.267. The van der Waals surface area contributed by atoms with Gasteiger partial charge in [-0.1, -0.05) is 30.2 Å². The Morgan fingerprint density at radius 2 is 2.11 bits per heavy atom. The number of nitrogens with one attached hydrogen (secondary N) is 2. The number of fused-ring (bicyclic) bond motifs is 1. The number of esters is 1. The molecule has 0 saturated heterocycles. The van der Waals surface area contributed by atoms with Gasteiger partial charge in [0.15, 0.2) is 5.11 Å². The number of aryl methyl sites for hydroxylation is 1. The van der Waals surface area contributed by atoms with Crippen molar-refractivity contribution >= 4 is 51.2 Å². The zero-order valence-corrected chi connectivity index (χ0v) is 17.7. The second kappa shape index (κ2) is 9.53. The standard InChI is InChI=1S/C20H23ClN2O2S2/c1-2-25-19(24)17-15-9-4-3-5-10-16(15)27-18(17)23-20(26)22-12-13-7-6-8-14(21)11-13/h6-8,11H,2-5,9-10,12H2,1H3,(H2,22,23,26). The summed E-state index contributed by atoms with van der Waals surface area (Å²) in [4.78, 5) is 13.8. The molecule has 0 fully saturated rings. The summed E-state index contributed by atoms with van der Waals surface area (Å²) in [7, 11) is 0. The molecule has 0 saturated carbocycles. The van der Waals surface area contributed by atoms with Gasteiger partial charge in [0.1, 0.15) is 5.00 Å². The van der Waals surface area contributed by atoms with Crippen molar-refractivity contribution < 1.29 is 9.53 Å². The minimum absolute atomic E-state index is 0.267. The Morgan fingerprint density at radius 1 is 1.30 bits per heavy atom. The van der Waals surface area contributed by atoms with E-state index in [0.717, 1.165) is 41.8 Å². The molecule has 27 heavy (non-hydrogen) atoms. The average molecular weight is 423 g/mol. The van der Waals surface area contributed by atoms with Crippen molar-refractivity contribution in [3.05, 3.63) is 50.9 Å². The van der Waals surface area contributed by atoms with Gasteiger partial charge in [-0.2, -0.15) is 0 Å². The maximum atomic E-state index is 12.6. The third-order valence-corrected chi connectivity index (χ3v) is 6.16. The molecule has 1 aliphatic rings. The molecular formula is C20H23ClN2O2S2. The number of anilines is 1. The molecule has 0 atom stereocenters. The SMILES string of the molecule is CCOC(=O)c1c(NC(=S)NCc2cccc(Cl)c2)sc2c1CCCCC2. The van der Waals surface area contributed by atoms with Crippen LogP contribution in [-0.2, 0) is 24.1 Å². The fourth-order valence-corrected chi connectivity index (χ4v) is 4.96. The number of hydrogen-bond acceptors (Lipinski definition) is 4. The maximum absolute atomic E-state index is 12.6. The van der Waals surface area contributed by atoms with E-state index in [-0.39, 0.29) is 5.97 Å². The van der Waals surface area contributed by atoms with Crippen LogP contribution in [-0.4, -0.2) is 17.7 Å². The smallest absolute Gasteiger partial charge is 0.341 e. The summed E-state index contributed by atoms with van der Waals surface area (Å²) >= 11 is 13.1. The monoisotopic (exact) mass is 422 g/mol. The molecule has 0 radical (unpaired) electrons. The molecule has 2 N–H and O–H groups in total. The molecule has 0 unspecified atom stereocenters. The van der Waals surface area contributed by atoms with Crippen molar-refractivity contribution in [1.82, 2.24) is 5.32 Å². The van der Waals surface area contributed by atoms with Gasteiger partial charge in [0.2, 0.25) is 0 Å². The average Bonchev–Trinajstić information content (AvgIpc) is 2.81. The number of benzene rings is 1. The lowest BCUT2D eigenvalue weighted by Crippen LogP contribution is -2.28. The summed E-state index contributed by atoms with van der Waals surface area (Å²) in [5.41, 5.74) is 2.83. The second-order valence-electron chi connectivity index (χ2n) is 6.43. The van der Waals surface area contributed by atoms with Crippen LogP contribution in [0.3, 0.4) is 0 Å². The Kier molecular flexibility index (Phi) is 7.10. The van der Waals surface area contributed by atoms with Crippen LogP contribution in [0.2, 0.25) is 5.02 Å². The third kappa shape index (κ3) is 5.21. The molecule has 7 heteroatoms. The summed E-state index contributed by atoms with van der Waals surface area (Å²) < 4.78 is 5.31. The summed E-state index contributed by atoms with van der Waals surface area (Å²) in [6.07, 6.45) is 5.40. The maximum Gasteiger partial charge on any atom is 0.341 e. The van der Waals surface area contributed by atoms with Gasteiger partial charge in [0.05, 0.1) is 12.2 Å². The first-order chi connectivity index (χ1) is 13.1. The fourth-order valence-electron chi connectivity index (χ4n) is 3.23. The van der Waals surface area contributed by atoms with Crippen molar-refractivity contribution in [2.45, 2.75) is 45.6 Å². The third-order valence-electron chi connectivity index (χ3n) is 4.47. The highest BCUT2D eigenvalue weighted by Gasteiger charge is 2.26. The first kappa shape index (κ1) is 20.1. The van der Waals surface area contributed by atoms with Crippen LogP contribution in [0.1, 0.15) is 52.5 Å². The zero-order valence-electron chi connectivity index (χ0n) is 15.3. The molecule has 0 bridgehead atoms. The van der Waals surface area contributed by atoms with Crippen LogP contribution >= 0.6 is 35.2 Å². The van der Waals surface area contributed by atoms with E-state index in [1.54, 1.807) is 11.3 Å². The lowest BCUT2D eigenvalue weighted by molar-refractivity contribution is 0.0527. The minimum atomic E-state index is -0.267. The van der Waals surface area contributed by atoms with Crippen molar-refractivity contribution in [1.29, 1.82) is 0 Å². The van der Waals surface area contributed by atoms with E-state index in [4.69, 9.17) is 28.6 Å². The van der Waals surface area contributed by atoms with Gasteiger partial charge in [-0.05, 0) is 68.1 Å². The van der Waals surface area contributed by atoms with Crippen LogP contribution < -0.4 is 10.6 Å². The first-order valence-corrected chi connectivity index (χ1v) is 10.8. The number of thiocarbonyl (C=S) groups is 1. The molecular weight excluding hydrogens is 400 g/mol. The first-order valence-electron chi connectivity index (χ1n) is 9.19. The van der Waals surface area contributed by atoms with Gasteiger partial charge in [-0.15, -0.1) is 11.3 Å². The number of thiophene rings is 1. The minimum Gasteiger partial charge on any atom is -0.462 e. The van der Waals surface area contributed by atoms with Gasteiger partial charge >= 0.3 is 5.97 Å². The number of ether oxygens (including phenoxy) is 1. The predicted molar refractivity (Wildman–Crippen MR) is 116 cm³/mol. The molecule has 1 heterocycles. The van der Waals surface area contributed by atoms with Crippen molar-refractivity contribution in [2.24, 2.45) is 0 Å². The molecule has 4 nitrogen and oxygen atoms in total. The van der Waals surface area contributed by atoms with Gasteiger partial charge < -0.3 is 15.4 Å². The Labute approximate surface area is 174 Å². The van der Waals surface area contributed by atoms with Gasteiger partial charge in [-0.25, -0.2) is 4.79 Å². The van der Waals surface area contributed by atoms with Crippen LogP contribution in [0.15, 0.2) is 24.3 Å². The highest BCUT2D eigenvalue weighted by molar-refractivity contribution is 7.80. The molecule has 0 aliphatic heterocycles. The van der Waals surface area contributed by atoms with Gasteiger partial charge in [-0.3, -0.25) is 0 Å². The molecule has 3 rings (SSSR count). The van der Waals surface area contributed by atoms with Crippen LogP contribution in [0.25, 0.3) is 0 Å². The summed E-state index contributed by atoms with van der Waals surface area (Å²) in [6, 6.07) is 7.63. The molecule has 1 aliphatic carbocycles. The molecule has 0 spiro atoms. The van der Waals surface area contributed by atoms with E-state index < -0.39 is 0 Å². The normalized spacial score (nSPS) is 13.4. The Hall–Kier alpha value is -1.63. The zero-order chi connectivity index (χ0) is 19.2. The van der Waals surface area contributed by atoms with Crippen LogP contribution in [0.4, 0.5) is 5.00 Å². The molecule has 144 valence electrons. The summed E-state index contributed by atoms with van der Waals surface area (Å²) in [5, 5.41) is 8.36. The number of halogens is 1.